The number of hydrogen-bond acceptors (Lipinski definition) is 3. The van der Waals surface area contributed by atoms with Crippen LogP contribution in [0.25, 0.3) is 0 Å². The Kier molecular flexibility index (Phi) is 3.14. The quantitative estimate of drug-likeness (QED) is 0.707. The molecule has 1 atom stereocenters. The molecule has 2 aromatic rings. The van der Waals surface area contributed by atoms with Crippen molar-refractivity contribution in [1.82, 2.24) is 0 Å². The summed E-state index contributed by atoms with van der Waals surface area (Å²) in [7, 11) is 0. The number of para-hydroxylation sites is 1. The third-order valence-corrected chi connectivity index (χ3v) is 4.03. The average Bonchev–Trinajstić information content (AvgIpc) is 2.75. The molecule has 102 valence electrons. The van der Waals surface area contributed by atoms with E-state index in [1.54, 1.807) is 0 Å². The van der Waals surface area contributed by atoms with Crippen LogP contribution in [0.3, 0.4) is 0 Å². The molecule has 0 bridgehead atoms. The Morgan fingerprint density at radius 1 is 1.00 bits per heavy atom. The van der Waals surface area contributed by atoms with Crippen molar-refractivity contribution in [1.29, 1.82) is 0 Å². The molecule has 0 saturated carbocycles. The molecule has 0 radical (unpaired) electrons. The van der Waals surface area contributed by atoms with Crippen LogP contribution in [-0.2, 0) is 6.42 Å². The maximum atomic E-state index is 6.11. The van der Waals surface area contributed by atoms with Crippen molar-refractivity contribution in [2.24, 2.45) is 10.7 Å². The van der Waals surface area contributed by atoms with E-state index in [0.29, 0.717) is 5.96 Å². The van der Waals surface area contributed by atoms with Gasteiger partial charge in [-0.05, 0) is 29.2 Å². The zero-order valence-electron chi connectivity index (χ0n) is 11.0. The van der Waals surface area contributed by atoms with Crippen molar-refractivity contribution in [2.75, 3.05) is 11.4 Å². The Balaban J connectivity index is 0.00000121. The Bertz CT molecular complexity index is 681. The molecule has 2 aliphatic rings. The summed E-state index contributed by atoms with van der Waals surface area (Å²) in [6, 6.07) is 17.3. The van der Waals surface area contributed by atoms with Gasteiger partial charge in [-0.25, -0.2) is 0 Å². The summed E-state index contributed by atoms with van der Waals surface area (Å²) >= 11 is 0. The molecule has 2 aliphatic heterocycles. The number of guanidine groups is 1. The number of benzene rings is 2. The van der Waals surface area contributed by atoms with Crippen LogP contribution >= 0.6 is 0 Å². The minimum Gasteiger partial charge on any atom is -1.00 e. The Morgan fingerprint density at radius 2 is 1.70 bits per heavy atom. The van der Waals surface area contributed by atoms with Crippen molar-refractivity contribution in [3.05, 3.63) is 65.2 Å². The maximum Gasteiger partial charge on any atom is 0.196 e. The topological polar surface area (TPSA) is 41.6 Å². The zero-order valence-corrected chi connectivity index (χ0v) is 11.7. The highest BCUT2D eigenvalue weighted by Gasteiger charge is 2.33. The highest BCUT2D eigenvalue weighted by atomic mass is 35.5. The number of nitrogens with two attached hydrogens (primary N) is 1. The second kappa shape index (κ2) is 4.84. The second-order valence-corrected chi connectivity index (χ2v) is 5.09. The molecule has 1 unspecified atom stereocenters. The SMILES string of the molecule is NC1=NCC2c3ccccc3Cc3ccccc3N12.[Cl-]. The smallest absolute Gasteiger partial charge is 0.196 e. The monoisotopic (exact) mass is 284 g/mol. The minimum absolute atomic E-state index is 0. The summed E-state index contributed by atoms with van der Waals surface area (Å²) in [6.07, 6.45) is 0.965. The van der Waals surface area contributed by atoms with Crippen LogP contribution in [0.1, 0.15) is 22.7 Å². The van der Waals surface area contributed by atoms with Crippen LogP contribution in [0.5, 0.6) is 0 Å². The number of rotatable bonds is 0. The molecule has 0 aliphatic carbocycles. The predicted molar refractivity (Wildman–Crippen MR) is 77.4 cm³/mol. The van der Waals surface area contributed by atoms with E-state index in [1.807, 2.05) is 0 Å². The van der Waals surface area contributed by atoms with Crippen molar-refractivity contribution >= 4 is 11.6 Å². The number of fused-ring (bicyclic) bond motifs is 5. The summed E-state index contributed by atoms with van der Waals surface area (Å²) in [4.78, 5) is 6.62. The van der Waals surface area contributed by atoms with Crippen LogP contribution in [0, 0.1) is 0 Å². The fourth-order valence-electron chi connectivity index (χ4n) is 3.15. The molecule has 2 N–H and O–H groups in total. The van der Waals surface area contributed by atoms with Gasteiger partial charge in [0.2, 0.25) is 0 Å². The van der Waals surface area contributed by atoms with Gasteiger partial charge in [0.1, 0.15) is 0 Å². The van der Waals surface area contributed by atoms with Gasteiger partial charge in [-0.15, -0.1) is 0 Å². The number of halogens is 1. The van der Waals surface area contributed by atoms with Gasteiger partial charge in [0.05, 0.1) is 12.6 Å². The van der Waals surface area contributed by atoms with Crippen molar-refractivity contribution < 1.29 is 12.4 Å². The predicted octanol–water partition coefficient (Wildman–Crippen LogP) is -0.529. The Hall–Kier alpha value is -2.00. The third kappa shape index (κ3) is 1.78. The minimum atomic E-state index is 0. The van der Waals surface area contributed by atoms with Gasteiger partial charge in [0.15, 0.2) is 5.96 Å². The molecule has 0 fully saturated rings. The van der Waals surface area contributed by atoms with Crippen LogP contribution in [0.2, 0.25) is 0 Å². The average molecular weight is 285 g/mol. The highest BCUT2D eigenvalue weighted by molar-refractivity contribution is 5.98. The lowest BCUT2D eigenvalue weighted by Crippen LogP contribution is -3.00. The molecule has 0 spiro atoms. The first kappa shape index (κ1) is 13.0. The van der Waals surface area contributed by atoms with Crippen molar-refractivity contribution in [2.45, 2.75) is 12.5 Å². The van der Waals surface area contributed by atoms with Crippen LogP contribution in [0.4, 0.5) is 5.69 Å². The second-order valence-electron chi connectivity index (χ2n) is 5.09. The largest absolute Gasteiger partial charge is 1.00 e. The first-order chi connectivity index (χ1) is 9.34. The fraction of sp³-hybridized carbons (Fsp3) is 0.188. The number of hydrogen-bond donors (Lipinski definition) is 1. The number of aliphatic imine (C=N–C) groups is 1. The maximum absolute atomic E-state index is 6.11. The summed E-state index contributed by atoms with van der Waals surface area (Å²) in [5.41, 5.74) is 11.4. The van der Waals surface area contributed by atoms with Crippen LogP contribution in [-0.4, -0.2) is 12.5 Å². The van der Waals surface area contributed by atoms with E-state index in [1.165, 1.54) is 22.4 Å². The van der Waals surface area contributed by atoms with Gasteiger partial charge in [-0.3, -0.25) is 4.99 Å². The van der Waals surface area contributed by atoms with Gasteiger partial charge < -0.3 is 23.0 Å². The first-order valence-electron chi connectivity index (χ1n) is 6.59. The summed E-state index contributed by atoms with van der Waals surface area (Å²) in [6.45, 7) is 0.747. The molecule has 4 heteroatoms. The summed E-state index contributed by atoms with van der Waals surface area (Å²) in [5, 5.41) is 0. The lowest BCUT2D eigenvalue weighted by atomic mass is 9.97. The van der Waals surface area contributed by atoms with Crippen LogP contribution < -0.4 is 23.0 Å². The lowest BCUT2D eigenvalue weighted by Gasteiger charge is -2.26. The molecule has 0 aromatic heterocycles. The third-order valence-electron chi connectivity index (χ3n) is 4.03. The molecular formula is C16H15ClN3-. The van der Waals surface area contributed by atoms with E-state index in [0.717, 1.165) is 13.0 Å². The molecule has 3 nitrogen and oxygen atoms in total. The Labute approximate surface area is 124 Å². The lowest BCUT2D eigenvalue weighted by molar-refractivity contribution is -0.00000385. The molecule has 0 amide bonds. The van der Waals surface area contributed by atoms with Gasteiger partial charge in [-0.1, -0.05) is 42.5 Å². The van der Waals surface area contributed by atoms with E-state index in [9.17, 15) is 0 Å². The van der Waals surface area contributed by atoms with E-state index in [-0.39, 0.29) is 18.4 Å². The molecule has 0 saturated heterocycles. The zero-order chi connectivity index (χ0) is 12.8. The first-order valence-corrected chi connectivity index (χ1v) is 6.59. The molecule has 4 rings (SSSR count). The standard InChI is InChI=1S/C16H15N3.ClH/c17-16-18-10-15-13-7-3-1-5-11(13)9-12-6-2-4-8-14(12)19(15)16;/h1-8,15H,9-10H2,(H2,17,18);1H/p-1. The molecule has 2 aromatic carbocycles. The van der Waals surface area contributed by atoms with Crippen LogP contribution in [0.15, 0.2) is 53.5 Å². The van der Waals surface area contributed by atoms with Gasteiger partial charge in [-0.2, -0.15) is 0 Å². The summed E-state index contributed by atoms with van der Waals surface area (Å²) in [5.74, 6) is 0.633. The Morgan fingerprint density at radius 3 is 2.55 bits per heavy atom. The molecule has 2 heterocycles. The summed E-state index contributed by atoms with van der Waals surface area (Å²) < 4.78 is 0. The van der Waals surface area contributed by atoms with E-state index in [4.69, 9.17) is 5.73 Å². The number of nitrogens with zero attached hydrogens (tertiary/aromatic N) is 2. The van der Waals surface area contributed by atoms with Gasteiger partial charge in [0, 0.05) is 5.69 Å². The number of anilines is 1. The molecular weight excluding hydrogens is 270 g/mol. The van der Waals surface area contributed by atoms with E-state index >= 15 is 0 Å². The van der Waals surface area contributed by atoms with E-state index < -0.39 is 0 Å². The van der Waals surface area contributed by atoms with Gasteiger partial charge >= 0.3 is 0 Å². The normalized spacial score (nSPS) is 19.1. The highest BCUT2D eigenvalue weighted by Crippen LogP contribution is 2.39. The van der Waals surface area contributed by atoms with Crippen molar-refractivity contribution in [3.8, 4) is 0 Å². The van der Waals surface area contributed by atoms with Gasteiger partial charge in [0.25, 0.3) is 0 Å². The van der Waals surface area contributed by atoms with E-state index in [2.05, 4.69) is 58.4 Å². The van der Waals surface area contributed by atoms with Crippen molar-refractivity contribution in [3.63, 3.8) is 0 Å². The fourth-order valence-corrected chi connectivity index (χ4v) is 3.15. The molecule has 20 heavy (non-hydrogen) atoms.